The van der Waals surface area contributed by atoms with Gasteiger partial charge < -0.3 is 13.9 Å². The number of esters is 2. The van der Waals surface area contributed by atoms with Crippen LogP contribution in [0.3, 0.4) is 0 Å². The van der Waals surface area contributed by atoms with Crippen LogP contribution in [0, 0.1) is 0 Å². The Bertz CT molecular complexity index is 802. The van der Waals surface area contributed by atoms with Crippen molar-refractivity contribution < 1.29 is 23.5 Å². The Labute approximate surface area is 173 Å². The first-order valence-electron chi connectivity index (χ1n) is 7.88. The van der Waals surface area contributed by atoms with E-state index < -0.39 is 11.6 Å². The molecule has 0 atom stereocenters. The highest BCUT2D eigenvalue weighted by molar-refractivity contribution is 14.1. The lowest BCUT2D eigenvalue weighted by atomic mass is 10.1. The second-order valence-corrected chi connectivity index (χ2v) is 6.85. The number of hydrogen-bond acceptors (Lipinski definition) is 6. The summed E-state index contributed by atoms with van der Waals surface area (Å²) in [5, 5.41) is 1.37. The van der Waals surface area contributed by atoms with Crippen molar-refractivity contribution in [2.24, 2.45) is 0 Å². The van der Waals surface area contributed by atoms with Crippen LogP contribution in [-0.4, -0.2) is 23.0 Å². The Balaban J connectivity index is 0.000000321. The Morgan fingerprint density at radius 3 is 2.46 bits per heavy atom. The lowest BCUT2D eigenvalue weighted by molar-refractivity contribution is -0.141. The van der Waals surface area contributed by atoms with Gasteiger partial charge in [0.25, 0.3) is 0 Å². The number of alkyl halides is 2. The lowest BCUT2D eigenvalue weighted by Gasteiger charge is -2.04. The summed E-state index contributed by atoms with van der Waals surface area (Å²) in [5.74, 6) is -0.230. The number of fused-ring (bicyclic) bond motifs is 1. The van der Waals surface area contributed by atoms with Gasteiger partial charge in [0, 0.05) is 36.7 Å². The van der Waals surface area contributed by atoms with Crippen LogP contribution in [0.2, 0.25) is 0 Å². The summed E-state index contributed by atoms with van der Waals surface area (Å²) >= 11 is 5.61. The molecular formula is C18H20BrIO6. The number of halogens is 2. The van der Waals surface area contributed by atoms with Crippen LogP contribution >= 0.6 is 38.5 Å². The van der Waals surface area contributed by atoms with E-state index in [0.29, 0.717) is 23.3 Å². The van der Waals surface area contributed by atoms with Gasteiger partial charge in [-0.15, -0.1) is 0 Å². The van der Waals surface area contributed by atoms with Gasteiger partial charge in [-0.25, -0.2) is 4.79 Å². The Kier molecular flexibility index (Phi) is 10.5. The zero-order valence-electron chi connectivity index (χ0n) is 14.6. The van der Waals surface area contributed by atoms with E-state index in [1.54, 1.807) is 12.1 Å². The zero-order valence-corrected chi connectivity index (χ0v) is 18.3. The summed E-state index contributed by atoms with van der Waals surface area (Å²) in [5.41, 5.74) is 0.822. The van der Waals surface area contributed by atoms with Crippen molar-refractivity contribution in [3.8, 4) is 5.75 Å². The predicted octanol–water partition coefficient (Wildman–Crippen LogP) is 4.38. The Morgan fingerprint density at radius 2 is 1.88 bits per heavy atom. The van der Waals surface area contributed by atoms with Gasteiger partial charge in [0.05, 0.1) is 6.61 Å². The molecule has 0 saturated heterocycles. The summed E-state index contributed by atoms with van der Waals surface area (Å²) in [7, 11) is 0. The first-order valence-corrected chi connectivity index (χ1v) is 10.5. The highest BCUT2D eigenvalue weighted by Crippen LogP contribution is 2.23. The molecule has 1 heterocycles. The molecule has 142 valence electrons. The molecule has 0 radical (unpaired) electrons. The van der Waals surface area contributed by atoms with Gasteiger partial charge in [-0.1, -0.05) is 38.5 Å². The molecule has 8 heteroatoms. The highest BCUT2D eigenvalue weighted by atomic mass is 127. The van der Waals surface area contributed by atoms with Crippen molar-refractivity contribution in [1.82, 2.24) is 0 Å². The minimum Gasteiger partial charge on any atom is -0.466 e. The second kappa shape index (κ2) is 12.1. The molecule has 2 aromatic rings. The molecule has 0 amide bonds. The number of unbranched alkanes of at least 4 members (excludes halogenated alkanes) is 1. The van der Waals surface area contributed by atoms with Crippen LogP contribution in [0.25, 0.3) is 11.0 Å². The van der Waals surface area contributed by atoms with E-state index in [4.69, 9.17) is 13.9 Å². The van der Waals surface area contributed by atoms with Gasteiger partial charge in [0.2, 0.25) is 0 Å². The first-order chi connectivity index (χ1) is 12.4. The molecule has 0 unspecified atom stereocenters. The zero-order chi connectivity index (χ0) is 19.5. The molecule has 0 aliphatic heterocycles. The van der Waals surface area contributed by atoms with Crippen molar-refractivity contribution in [2.45, 2.75) is 32.0 Å². The third-order valence-electron chi connectivity index (χ3n) is 3.04. The molecule has 26 heavy (non-hydrogen) atoms. The van der Waals surface area contributed by atoms with E-state index in [9.17, 15) is 14.4 Å². The summed E-state index contributed by atoms with van der Waals surface area (Å²) in [6, 6.07) is 6.38. The van der Waals surface area contributed by atoms with Crippen molar-refractivity contribution >= 4 is 61.4 Å². The van der Waals surface area contributed by atoms with Crippen molar-refractivity contribution in [3.63, 3.8) is 0 Å². The highest BCUT2D eigenvalue weighted by Gasteiger charge is 2.07. The van der Waals surface area contributed by atoms with Gasteiger partial charge in [-0.2, -0.15) is 0 Å². The molecule has 1 aromatic heterocycles. The monoisotopic (exact) mass is 538 g/mol. The van der Waals surface area contributed by atoms with Crippen molar-refractivity contribution in [1.29, 1.82) is 0 Å². The Hall–Kier alpha value is -1.42. The van der Waals surface area contributed by atoms with E-state index in [1.165, 1.54) is 26.0 Å². The molecule has 0 spiro atoms. The van der Waals surface area contributed by atoms with E-state index in [-0.39, 0.29) is 5.97 Å². The Morgan fingerprint density at radius 1 is 1.15 bits per heavy atom. The molecular weight excluding hydrogens is 519 g/mol. The molecule has 0 N–H and O–H groups in total. The summed E-state index contributed by atoms with van der Waals surface area (Å²) in [6.07, 6.45) is 2.12. The van der Waals surface area contributed by atoms with Gasteiger partial charge >= 0.3 is 17.6 Å². The summed E-state index contributed by atoms with van der Waals surface area (Å²) < 4.78 is 15.8. The number of hydrogen-bond donors (Lipinski definition) is 0. The second-order valence-electron chi connectivity index (χ2n) is 5.21. The normalized spacial score (nSPS) is 10.0. The number of benzene rings is 1. The largest absolute Gasteiger partial charge is 0.466 e. The molecule has 0 aliphatic rings. The smallest absolute Gasteiger partial charge is 0.336 e. The molecule has 0 aliphatic carbocycles. The summed E-state index contributed by atoms with van der Waals surface area (Å²) in [6.45, 7) is 3.33. The van der Waals surface area contributed by atoms with Crippen LogP contribution < -0.4 is 10.4 Å². The van der Waals surface area contributed by atoms with Crippen molar-refractivity contribution in [2.75, 3.05) is 11.0 Å². The first kappa shape index (κ1) is 22.6. The quantitative estimate of drug-likeness (QED) is 0.136. The number of rotatable bonds is 6. The molecule has 0 saturated carbocycles. The molecule has 2 rings (SSSR count). The van der Waals surface area contributed by atoms with Gasteiger partial charge in [-0.05, 0) is 35.0 Å². The van der Waals surface area contributed by atoms with Crippen LogP contribution in [0.1, 0.15) is 32.3 Å². The average molecular weight is 539 g/mol. The van der Waals surface area contributed by atoms with E-state index in [2.05, 4.69) is 38.5 Å². The molecule has 1 aromatic carbocycles. The number of carbonyl (C=O) groups excluding carboxylic acids is 2. The fourth-order valence-corrected chi connectivity index (χ4v) is 2.97. The lowest BCUT2D eigenvalue weighted by Crippen LogP contribution is -2.02. The molecule has 0 bridgehead atoms. The predicted molar refractivity (Wildman–Crippen MR) is 111 cm³/mol. The minimum absolute atomic E-state index is 0.177. The SMILES string of the molecule is CC(=O)OCCCCI.CC(=O)Oc1ccc2c(CBr)cc(=O)oc2c1. The average Bonchev–Trinajstić information content (AvgIpc) is 2.57. The molecule has 0 fully saturated rings. The standard InChI is InChI=1S/C12H9BrO4.C6H11IO2/c1-7(14)16-9-2-3-10-8(6-13)4-12(15)17-11(10)5-9;1-6(8)9-5-3-2-4-7/h2-5H,6H2,1H3;2-5H2,1H3. The summed E-state index contributed by atoms with van der Waals surface area (Å²) in [4.78, 5) is 32.3. The van der Waals surface area contributed by atoms with Gasteiger partial charge in [-0.3, -0.25) is 9.59 Å². The van der Waals surface area contributed by atoms with Crippen LogP contribution in [0.4, 0.5) is 0 Å². The van der Waals surface area contributed by atoms with Crippen LogP contribution in [0.5, 0.6) is 5.75 Å². The van der Waals surface area contributed by atoms with Gasteiger partial charge in [0.1, 0.15) is 11.3 Å². The third kappa shape index (κ3) is 8.31. The van der Waals surface area contributed by atoms with Crippen LogP contribution in [0.15, 0.2) is 33.5 Å². The van der Waals surface area contributed by atoms with E-state index in [0.717, 1.165) is 28.2 Å². The molecule has 6 nitrogen and oxygen atoms in total. The fourth-order valence-electron chi connectivity index (χ4n) is 1.96. The maximum atomic E-state index is 11.3. The van der Waals surface area contributed by atoms with Gasteiger partial charge in [0.15, 0.2) is 0 Å². The van der Waals surface area contributed by atoms with E-state index in [1.807, 2.05) is 0 Å². The fraction of sp³-hybridized carbons (Fsp3) is 0.389. The third-order valence-corrected chi connectivity index (χ3v) is 4.41. The maximum Gasteiger partial charge on any atom is 0.336 e. The number of ether oxygens (including phenoxy) is 2. The van der Waals surface area contributed by atoms with Crippen molar-refractivity contribution in [3.05, 3.63) is 40.2 Å². The maximum absolute atomic E-state index is 11.3. The topological polar surface area (TPSA) is 82.8 Å². The minimum atomic E-state index is -0.424. The van der Waals surface area contributed by atoms with Crippen LogP contribution in [-0.2, 0) is 19.7 Å². The van der Waals surface area contributed by atoms with E-state index >= 15 is 0 Å². The number of carbonyl (C=O) groups is 2.